The Morgan fingerprint density at radius 2 is 1.95 bits per heavy atom. The maximum atomic E-state index is 13.5. The summed E-state index contributed by atoms with van der Waals surface area (Å²) in [5.41, 5.74) is -1.42. The van der Waals surface area contributed by atoms with Gasteiger partial charge in [-0.25, -0.2) is 9.07 Å². The molecule has 0 amide bonds. The number of carbonyl (C=O) groups is 1. The Balaban J connectivity index is 2.57. The molecule has 0 spiro atoms. The zero-order valence-corrected chi connectivity index (χ0v) is 9.70. The second-order valence-electron chi connectivity index (χ2n) is 3.83. The van der Waals surface area contributed by atoms with Crippen molar-refractivity contribution in [2.75, 3.05) is 0 Å². The first-order valence-corrected chi connectivity index (χ1v) is 5.23. The van der Waals surface area contributed by atoms with Gasteiger partial charge >= 0.3 is 6.18 Å². The molecule has 2 rings (SSSR count). The normalized spacial score (nSPS) is 11.6. The van der Waals surface area contributed by atoms with Crippen LogP contribution in [0.5, 0.6) is 0 Å². The molecule has 0 bridgehead atoms. The highest BCUT2D eigenvalue weighted by Gasteiger charge is 2.33. The van der Waals surface area contributed by atoms with Gasteiger partial charge in [-0.3, -0.25) is 4.79 Å². The standard InChI is InChI=1S/C12H8F4N2O/c1-7(19)11-8(13)3-2-4-9(11)18-6-5-10(17-18)12(14,15)16/h2-6H,1H3. The summed E-state index contributed by atoms with van der Waals surface area (Å²) >= 11 is 0. The molecule has 19 heavy (non-hydrogen) atoms. The molecule has 3 nitrogen and oxygen atoms in total. The molecule has 0 saturated carbocycles. The number of halogens is 4. The van der Waals surface area contributed by atoms with Gasteiger partial charge in [0.2, 0.25) is 0 Å². The van der Waals surface area contributed by atoms with E-state index in [9.17, 15) is 22.4 Å². The minimum atomic E-state index is -4.59. The van der Waals surface area contributed by atoms with Gasteiger partial charge < -0.3 is 0 Å². The summed E-state index contributed by atoms with van der Waals surface area (Å²) in [7, 11) is 0. The lowest BCUT2D eigenvalue weighted by atomic mass is 10.1. The van der Waals surface area contributed by atoms with Gasteiger partial charge in [-0.05, 0) is 25.1 Å². The molecule has 1 aromatic carbocycles. The average molecular weight is 272 g/mol. The summed E-state index contributed by atoms with van der Waals surface area (Å²) in [5.74, 6) is -1.38. The number of aromatic nitrogens is 2. The summed E-state index contributed by atoms with van der Waals surface area (Å²) in [5, 5.41) is 3.31. The smallest absolute Gasteiger partial charge is 0.294 e. The zero-order valence-electron chi connectivity index (χ0n) is 9.70. The van der Waals surface area contributed by atoms with Gasteiger partial charge in [-0.1, -0.05) is 6.07 Å². The molecule has 0 aliphatic rings. The van der Waals surface area contributed by atoms with Crippen molar-refractivity contribution in [3.05, 3.63) is 47.5 Å². The number of nitrogens with zero attached hydrogens (tertiary/aromatic N) is 2. The monoisotopic (exact) mass is 272 g/mol. The highest BCUT2D eigenvalue weighted by molar-refractivity contribution is 5.97. The molecule has 0 N–H and O–H groups in total. The molecule has 1 heterocycles. The van der Waals surface area contributed by atoms with Crippen LogP contribution in [-0.4, -0.2) is 15.6 Å². The van der Waals surface area contributed by atoms with Crippen LogP contribution in [-0.2, 0) is 6.18 Å². The molecule has 2 aromatic rings. The number of hydrogen-bond acceptors (Lipinski definition) is 2. The van der Waals surface area contributed by atoms with Crippen molar-refractivity contribution >= 4 is 5.78 Å². The number of benzene rings is 1. The van der Waals surface area contributed by atoms with E-state index in [0.717, 1.165) is 29.9 Å². The molecule has 0 atom stereocenters. The molecule has 100 valence electrons. The Bertz CT molecular complexity index is 631. The van der Waals surface area contributed by atoms with Crippen molar-refractivity contribution < 1.29 is 22.4 Å². The number of hydrogen-bond donors (Lipinski definition) is 0. The van der Waals surface area contributed by atoms with Crippen LogP contribution in [0.15, 0.2) is 30.5 Å². The topological polar surface area (TPSA) is 34.9 Å². The Hall–Kier alpha value is -2.18. The predicted molar refractivity (Wildman–Crippen MR) is 58.5 cm³/mol. The molecule has 0 saturated heterocycles. The third-order valence-electron chi connectivity index (χ3n) is 2.47. The Kier molecular flexibility index (Phi) is 3.13. The number of rotatable bonds is 2. The minimum Gasteiger partial charge on any atom is -0.294 e. The molecular formula is C12H8F4N2O. The minimum absolute atomic E-state index is 0.0250. The van der Waals surface area contributed by atoms with Crippen molar-refractivity contribution in [3.63, 3.8) is 0 Å². The fourth-order valence-electron chi connectivity index (χ4n) is 1.66. The second kappa shape index (κ2) is 4.49. The van der Waals surface area contributed by atoms with Crippen molar-refractivity contribution in [1.29, 1.82) is 0 Å². The molecule has 0 fully saturated rings. The number of Topliss-reactive ketones (excluding diaryl/α,β-unsaturated/α-hetero) is 1. The van der Waals surface area contributed by atoms with Gasteiger partial charge in [0.25, 0.3) is 0 Å². The van der Waals surface area contributed by atoms with Crippen LogP contribution in [0.2, 0.25) is 0 Å². The number of ketones is 1. The van der Waals surface area contributed by atoms with Gasteiger partial charge in [-0.15, -0.1) is 0 Å². The van der Waals surface area contributed by atoms with Crippen LogP contribution in [0, 0.1) is 5.82 Å². The van der Waals surface area contributed by atoms with E-state index >= 15 is 0 Å². The van der Waals surface area contributed by atoms with E-state index in [4.69, 9.17) is 0 Å². The maximum absolute atomic E-state index is 13.5. The number of alkyl halides is 3. The summed E-state index contributed by atoms with van der Waals surface area (Å²) in [6.45, 7) is 1.14. The van der Waals surface area contributed by atoms with Crippen molar-refractivity contribution in [2.45, 2.75) is 13.1 Å². The van der Waals surface area contributed by atoms with Crippen LogP contribution < -0.4 is 0 Å². The fraction of sp³-hybridized carbons (Fsp3) is 0.167. The maximum Gasteiger partial charge on any atom is 0.435 e. The lowest BCUT2D eigenvalue weighted by Crippen LogP contribution is -2.10. The molecule has 1 aromatic heterocycles. The summed E-state index contributed by atoms with van der Waals surface area (Å²) in [6.07, 6.45) is -3.56. The van der Waals surface area contributed by atoms with Gasteiger partial charge in [0.1, 0.15) is 5.82 Å². The zero-order chi connectivity index (χ0) is 14.2. The van der Waals surface area contributed by atoms with E-state index in [1.807, 2.05) is 0 Å². The molecular weight excluding hydrogens is 264 g/mol. The van der Waals surface area contributed by atoms with Crippen LogP contribution >= 0.6 is 0 Å². The van der Waals surface area contributed by atoms with Crippen molar-refractivity contribution in [2.24, 2.45) is 0 Å². The van der Waals surface area contributed by atoms with E-state index in [1.165, 1.54) is 12.1 Å². The SMILES string of the molecule is CC(=O)c1c(F)cccc1-n1ccc(C(F)(F)F)n1. The van der Waals surface area contributed by atoms with E-state index in [0.29, 0.717) is 0 Å². The lowest BCUT2D eigenvalue weighted by Gasteiger charge is -2.08. The third-order valence-corrected chi connectivity index (χ3v) is 2.47. The quantitative estimate of drug-likeness (QED) is 0.621. The van der Waals surface area contributed by atoms with Gasteiger partial charge in [-0.2, -0.15) is 18.3 Å². The van der Waals surface area contributed by atoms with Crippen LogP contribution in [0.4, 0.5) is 17.6 Å². The van der Waals surface area contributed by atoms with E-state index in [-0.39, 0.29) is 11.3 Å². The largest absolute Gasteiger partial charge is 0.435 e. The first-order chi connectivity index (χ1) is 8.80. The average Bonchev–Trinajstić information content (AvgIpc) is 2.76. The third kappa shape index (κ3) is 2.49. The summed E-state index contributed by atoms with van der Waals surface area (Å²) < 4.78 is 51.7. The van der Waals surface area contributed by atoms with Gasteiger partial charge in [0.05, 0.1) is 11.3 Å². The van der Waals surface area contributed by atoms with Crippen LogP contribution in [0.3, 0.4) is 0 Å². The van der Waals surface area contributed by atoms with E-state index in [1.54, 1.807) is 0 Å². The molecule has 0 aliphatic carbocycles. The first kappa shape index (κ1) is 13.3. The predicted octanol–water partition coefficient (Wildman–Crippen LogP) is 3.23. The lowest BCUT2D eigenvalue weighted by molar-refractivity contribution is -0.141. The first-order valence-electron chi connectivity index (χ1n) is 5.23. The van der Waals surface area contributed by atoms with Crippen molar-refractivity contribution in [3.8, 4) is 5.69 Å². The summed E-state index contributed by atoms with van der Waals surface area (Å²) in [4.78, 5) is 11.4. The number of carbonyl (C=O) groups excluding carboxylic acids is 1. The highest BCUT2D eigenvalue weighted by Crippen LogP contribution is 2.28. The summed E-state index contributed by atoms with van der Waals surface area (Å²) in [6, 6.07) is 4.45. The second-order valence-corrected chi connectivity index (χ2v) is 3.83. The molecule has 0 radical (unpaired) electrons. The molecule has 0 aliphatic heterocycles. The Morgan fingerprint density at radius 1 is 1.26 bits per heavy atom. The van der Waals surface area contributed by atoms with E-state index < -0.39 is 23.5 Å². The van der Waals surface area contributed by atoms with Crippen LogP contribution in [0.1, 0.15) is 23.0 Å². The van der Waals surface area contributed by atoms with Crippen molar-refractivity contribution in [1.82, 2.24) is 9.78 Å². The molecule has 0 unspecified atom stereocenters. The van der Waals surface area contributed by atoms with Crippen LogP contribution in [0.25, 0.3) is 5.69 Å². The Labute approximate surface area is 105 Å². The highest BCUT2D eigenvalue weighted by atomic mass is 19.4. The fourth-order valence-corrected chi connectivity index (χ4v) is 1.66. The molecule has 7 heteroatoms. The van der Waals surface area contributed by atoms with Gasteiger partial charge in [0, 0.05) is 6.20 Å². The Morgan fingerprint density at radius 3 is 2.47 bits per heavy atom. The van der Waals surface area contributed by atoms with Gasteiger partial charge in [0.15, 0.2) is 11.5 Å². The van der Waals surface area contributed by atoms with E-state index in [2.05, 4.69) is 5.10 Å².